The van der Waals surface area contributed by atoms with Crippen molar-refractivity contribution in [2.24, 2.45) is 10.8 Å². The summed E-state index contributed by atoms with van der Waals surface area (Å²) in [5.41, 5.74) is 1.24. The molecule has 1 unspecified atom stereocenters. The molecule has 0 aromatic rings. The van der Waals surface area contributed by atoms with E-state index < -0.39 is 0 Å². The third-order valence-corrected chi connectivity index (χ3v) is 4.30. The van der Waals surface area contributed by atoms with Crippen LogP contribution in [0.3, 0.4) is 0 Å². The Morgan fingerprint density at radius 2 is 1.46 bits per heavy atom. The lowest BCUT2D eigenvalue weighted by atomic mass is 9.57. The number of nitrogens with one attached hydrogen (secondary N) is 1. The van der Waals surface area contributed by atoms with Crippen LogP contribution >= 0.6 is 0 Å². The van der Waals surface area contributed by atoms with Gasteiger partial charge >= 0.3 is 0 Å². The fourth-order valence-electron chi connectivity index (χ4n) is 2.64. The molecule has 0 radical (unpaired) electrons. The minimum atomic E-state index is 0.300. The minimum absolute atomic E-state index is 0.300. The van der Waals surface area contributed by atoms with E-state index in [0.717, 1.165) is 0 Å². The average Bonchev–Trinajstić information content (AvgIpc) is 1.98. The molecule has 0 spiro atoms. The monoisotopic (exact) mass is 183 g/mol. The molecule has 0 aromatic carbocycles. The first kappa shape index (κ1) is 11.0. The molecule has 1 atom stereocenters. The summed E-state index contributed by atoms with van der Waals surface area (Å²) in [4.78, 5) is 0. The maximum absolute atomic E-state index is 3.53. The topological polar surface area (TPSA) is 12.0 Å². The molecule has 1 N–H and O–H groups in total. The van der Waals surface area contributed by atoms with E-state index in [1.54, 1.807) is 0 Å². The van der Waals surface area contributed by atoms with Gasteiger partial charge in [0.25, 0.3) is 0 Å². The van der Waals surface area contributed by atoms with Crippen molar-refractivity contribution in [2.75, 3.05) is 7.05 Å². The standard InChI is InChI=1S/C12H25N/c1-10(2)7-8-11(3,4)12(5,9-10)13-6/h13H,7-9H2,1-6H3. The molecule has 1 aliphatic rings. The van der Waals surface area contributed by atoms with Crippen molar-refractivity contribution in [3.63, 3.8) is 0 Å². The van der Waals surface area contributed by atoms with Crippen molar-refractivity contribution in [2.45, 2.75) is 59.4 Å². The summed E-state index contributed by atoms with van der Waals surface area (Å²) in [6.07, 6.45) is 3.97. The molecule has 1 nitrogen and oxygen atoms in total. The van der Waals surface area contributed by atoms with Crippen molar-refractivity contribution in [1.29, 1.82) is 0 Å². The van der Waals surface area contributed by atoms with E-state index in [4.69, 9.17) is 0 Å². The van der Waals surface area contributed by atoms with E-state index in [1.165, 1.54) is 19.3 Å². The molecule has 1 heteroatoms. The molecule has 1 aliphatic carbocycles. The highest BCUT2D eigenvalue weighted by Crippen LogP contribution is 2.50. The molecular formula is C12H25N. The lowest BCUT2D eigenvalue weighted by Crippen LogP contribution is -2.57. The Labute approximate surface area is 83.3 Å². The lowest BCUT2D eigenvalue weighted by Gasteiger charge is -2.53. The summed E-state index contributed by atoms with van der Waals surface area (Å²) in [5, 5.41) is 3.53. The van der Waals surface area contributed by atoms with Gasteiger partial charge < -0.3 is 5.32 Å². The van der Waals surface area contributed by atoms with Crippen molar-refractivity contribution in [1.82, 2.24) is 5.32 Å². The number of hydrogen-bond donors (Lipinski definition) is 1. The van der Waals surface area contributed by atoms with Crippen molar-refractivity contribution < 1.29 is 0 Å². The lowest BCUT2D eigenvalue weighted by molar-refractivity contribution is 0.0178. The second-order valence-electron chi connectivity index (χ2n) is 6.31. The van der Waals surface area contributed by atoms with Crippen LogP contribution in [0.25, 0.3) is 0 Å². The largest absolute Gasteiger partial charge is 0.314 e. The second-order valence-corrected chi connectivity index (χ2v) is 6.31. The van der Waals surface area contributed by atoms with Crippen molar-refractivity contribution >= 4 is 0 Å². The van der Waals surface area contributed by atoms with E-state index in [9.17, 15) is 0 Å². The predicted molar refractivity (Wildman–Crippen MR) is 58.9 cm³/mol. The number of hydrogen-bond acceptors (Lipinski definition) is 1. The van der Waals surface area contributed by atoms with Crippen LogP contribution in [0.15, 0.2) is 0 Å². The molecule has 1 rings (SSSR count). The zero-order valence-corrected chi connectivity index (χ0v) is 10.1. The fourth-order valence-corrected chi connectivity index (χ4v) is 2.64. The Hall–Kier alpha value is -0.0400. The van der Waals surface area contributed by atoms with Gasteiger partial charge in [0.2, 0.25) is 0 Å². The van der Waals surface area contributed by atoms with Crippen molar-refractivity contribution in [3.05, 3.63) is 0 Å². The van der Waals surface area contributed by atoms with Crippen LogP contribution in [-0.2, 0) is 0 Å². The van der Waals surface area contributed by atoms with Crippen LogP contribution < -0.4 is 5.32 Å². The van der Waals surface area contributed by atoms with Crippen molar-refractivity contribution in [3.8, 4) is 0 Å². The molecule has 13 heavy (non-hydrogen) atoms. The highest BCUT2D eigenvalue weighted by Gasteiger charge is 2.47. The van der Waals surface area contributed by atoms with E-state index >= 15 is 0 Å². The highest BCUT2D eigenvalue weighted by atomic mass is 15.0. The Morgan fingerprint density at radius 3 is 1.85 bits per heavy atom. The second kappa shape index (κ2) is 2.98. The summed E-state index contributed by atoms with van der Waals surface area (Å²) < 4.78 is 0. The molecule has 0 aliphatic heterocycles. The van der Waals surface area contributed by atoms with Gasteiger partial charge in [-0.15, -0.1) is 0 Å². The summed E-state index contributed by atoms with van der Waals surface area (Å²) in [5.74, 6) is 0. The first-order valence-electron chi connectivity index (χ1n) is 5.41. The van der Waals surface area contributed by atoms with Gasteiger partial charge in [-0.1, -0.05) is 27.7 Å². The van der Waals surface area contributed by atoms with E-state index in [-0.39, 0.29) is 0 Å². The predicted octanol–water partition coefficient (Wildman–Crippen LogP) is 3.20. The minimum Gasteiger partial charge on any atom is -0.314 e. The Bertz CT molecular complexity index is 193. The average molecular weight is 183 g/mol. The third-order valence-electron chi connectivity index (χ3n) is 4.30. The molecule has 78 valence electrons. The Morgan fingerprint density at radius 1 is 0.923 bits per heavy atom. The summed E-state index contributed by atoms with van der Waals surface area (Å²) >= 11 is 0. The van der Waals surface area contributed by atoms with E-state index in [2.05, 4.69) is 47.0 Å². The molecular weight excluding hydrogens is 158 g/mol. The van der Waals surface area contributed by atoms with Crippen LogP contribution in [0, 0.1) is 10.8 Å². The van der Waals surface area contributed by atoms with Gasteiger partial charge in [-0.2, -0.15) is 0 Å². The smallest absolute Gasteiger partial charge is 0.0206 e. The van der Waals surface area contributed by atoms with Gasteiger partial charge in [0, 0.05) is 5.54 Å². The van der Waals surface area contributed by atoms with Crippen LogP contribution in [0.2, 0.25) is 0 Å². The van der Waals surface area contributed by atoms with Gasteiger partial charge in [-0.25, -0.2) is 0 Å². The zero-order valence-electron chi connectivity index (χ0n) is 10.1. The summed E-state index contributed by atoms with van der Waals surface area (Å²) in [7, 11) is 2.10. The van der Waals surface area contributed by atoms with Crippen LogP contribution in [0.5, 0.6) is 0 Å². The van der Waals surface area contributed by atoms with Gasteiger partial charge in [-0.3, -0.25) is 0 Å². The quantitative estimate of drug-likeness (QED) is 0.658. The van der Waals surface area contributed by atoms with Crippen LogP contribution in [0.4, 0.5) is 0 Å². The number of rotatable bonds is 1. The SMILES string of the molecule is CNC1(C)CC(C)(C)CCC1(C)C. The summed E-state index contributed by atoms with van der Waals surface area (Å²) in [6, 6.07) is 0. The maximum atomic E-state index is 3.53. The molecule has 1 saturated carbocycles. The molecule has 0 saturated heterocycles. The normalized spacial score (nSPS) is 37.4. The molecule has 1 fully saturated rings. The molecule has 0 heterocycles. The third kappa shape index (κ3) is 1.90. The van der Waals surface area contributed by atoms with Gasteiger partial charge in [-0.05, 0) is 44.1 Å². The first-order chi connectivity index (χ1) is 5.72. The van der Waals surface area contributed by atoms with Crippen LogP contribution in [-0.4, -0.2) is 12.6 Å². The van der Waals surface area contributed by atoms with Crippen LogP contribution in [0.1, 0.15) is 53.9 Å². The molecule has 0 amide bonds. The highest BCUT2D eigenvalue weighted by molar-refractivity contribution is 5.03. The summed E-state index contributed by atoms with van der Waals surface area (Å²) in [6.45, 7) is 11.9. The van der Waals surface area contributed by atoms with Gasteiger partial charge in [0.05, 0.1) is 0 Å². The first-order valence-corrected chi connectivity index (χ1v) is 5.41. The van der Waals surface area contributed by atoms with E-state index in [0.29, 0.717) is 16.4 Å². The molecule has 0 bridgehead atoms. The Balaban J connectivity index is 2.88. The Kier molecular flexibility index (Phi) is 2.53. The zero-order chi connectivity index (χ0) is 10.3. The maximum Gasteiger partial charge on any atom is 0.0206 e. The molecule has 0 aromatic heterocycles. The van der Waals surface area contributed by atoms with E-state index in [1.807, 2.05) is 0 Å². The van der Waals surface area contributed by atoms with Gasteiger partial charge in [0.15, 0.2) is 0 Å². The van der Waals surface area contributed by atoms with Gasteiger partial charge in [0.1, 0.15) is 0 Å². The fraction of sp³-hybridized carbons (Fsp3) is 1.00.